The molecule has 0 aliphatic rings. The van der Waals surface area contributed by atoms with Crippen molar-refractivity contribution < 1.29 is 9.90 Å². The van der Waals surface area contributed by atoms with Gasteiger partial charge >= 0.3 is 5.97 Å². The van der Waals surface area contributed by atoms with E-state index in [4.69, 9.17) is 10.8 Å². The Morgan fingerprint density at radius 3 is 3.00 bits per heavy atom. The predicted molar refractivity (Wildman–Crippen MR) is 44.5 cm³/mol. The zero-order valence-electron chi connectivity index (χ0n) is 6.40. The first-order chi connectivity index (χ1) is 5.70. The molecule has 4 heteroatoms. The molecule has 0 amide bonds. The summed E-state index contributed by atoms with van der Waals surface area (Å²) in [5, 5.41) is 8.31. The van der Waals surface area contributed by atoms with Crippen LogP contribution in [0, 0.1) is 0 Å². The molecule has 0 radical (unpaired) electrons. The fraction of sp³-hybridized carbons (Fsp3) is 0.125. The summed E-state index contributed by atoms with van der Waals surface area (Å²) in [6.45, 7) is 0. The van der Waals surface area contributed by atoms with Crippen molar-refractivity contribution in [3.8, 4) is 0 Å². The lowest BCUT2D eigenvalue weighted by molar-refractivity contribution is -0.131. The molecule has 0 bridgehead atoms. The molecule has 1 rings (SSSR count). The second-order valence-corrected chi connectivity index (χ2v) is 2.37. The number of carbonyl (C=O) groups is 1. The van der Waals surface area contributed by atoms with E-state index in [1.54, 1.807) is 18.5 Å². The maximum Gasteiger partial charge on any atom is 0.328 e. The largest absolute Gasteiger partial charge is 0.478 e. The van der Waals surface area contributed by atoms with Crippen LogP contribution in [-0.2, 0) is 4.79 Å². The summed E-state index contributed by atoms with van der Waals surface area (Å²) in [7, 11) is 0. The topological polar surface area (TPSA) is 79.1 Å². The number of nitrogens with one attached hydrogen (secondary N) is 1. The van der Waals surface area contributed by atoms with Crippen molar-refractivity contribution in [1.29, 1.82) is 0 Å². The van der Waals surface area contributed by atoms with Crippen molar-refractivity contribution in [1.82, 2.24) is 4.98 Å². The molecule has 1 aromatic heterocycles. The number of rotatable bonds is 3. The van der Waals surface area contributed by atoms with Gasteiger partial charge in [0.1, 0.15) is 0 Å². The highest BCUT2D eigenvalue weighted by Crippen LogP contribution is 2.09. The first kappa shape index (κ1) is 8.55. The molecule has 64 valence electrons. The average Bonchev–Trinajstić information content (AvgIpc) is 2.51. The van der Waals surface area contributed by atoms with Crippen LogP contribution >= 0.6 is 0 Å². The molecule has 1 aromatic rings. The number of nitrogens with two attached hydrogens (primary N) is 1. The highest BCUT2D eigenvalue weighted by Gasteiger charge is 2.01. The van der Waals surface area contributed by atoms with Crippen LogP contribution in [0.5, 0.6) is 0 Å². The lowest BCUT2D eigenvalue weighted by Crippen LogP contribution is -2.06. The molecule has 4 N–H and O–H groups in total. The van der Waals surface area contributed by atoms with Crippen LogP contribution in [0.1, 0.15) is 11.6 Å². The summed E-state index contributed by atoms with van der Waals surface area (Å²) in [6.07, 6.45) is 5.95. The number of aliphatic carboxylic acids is 1. The van der Waals surface area contributed by atoms with Crippen LogP contribution in [0.4, 0.5) is 0 Å². The Bertz CT molecular complexity index is 277. The number of hydrogen-bond acceptors (Lipinski definition) is 2. The van der Waals surface area contributed by atoms with Gasteiger partial charge in [0.15, 0.2) is 0 Å². The third-order valence-corrected chi connectivity index (χ3v) is 1.45. The second kappa shape index (κ2) is 3.73. The van der Waals surface area contributed by atoms with Crippen LogP contribution in [0.25, 0.3) is 0 Å². The van der Waals surface area contributed by atoms with E-state index in [-0.39, 0.29) is 6.04 Å². The molecular formula is C8H10N2O2. The average molecular weight is 166 g/mol. The number of carboxylic acid groups (broad SMARTS) is 1. The molecule has 0 aliphatic heterocycles. The van der Waals surface area contributed by atoms with Gasteiger partial charge < -0.3 is 15.8 Å². The molecule has 1 heterocycles. The Kier molecular flexibility index (Phi) is 2.66. The molecule has 1 atom stereocenters. The Morgan fingerprint density at radius 1 is 1.75 bits per heavy atom. The normalized spacial score (nSPS) is 13.4. The zero-order valence-corrected chi connectivity index (χ0v) is 6.40. The first-order valence-corrected chi connectivity index (χ1v) is 3.49. The lowest BCUT2D eigenvalue weighted by Gasteiger charge is -2.00. The minimum absolute atomic E-state index is 0.354. The smallest absolute Gasteiger partial charge is 0.328 e. The van der Waals surface area contributed by atoms with Crippen molar-refractivity contribution in [2.75, 3.05) is 0 Å². The maximum atomic E-state index is 10.1. The molecule has 0 fully saturated rings. The Hall–Kier alpha value is -1.55. The molecule has 4 nitrogen and oxygen atoms in total. The maximum absolute atomic E-state index is 10.1. The van der Waals surface area contributed by atoms with Crippen molar-refractivity contribution in [3.05, 3.63) is 36.2 Å². The van der Waals surface area contributed by atoms with E-state index in [9.17, 15) is 4.79 Å². The molecule has 0 saturated heterocycles. The summed E-state index contributed by atoms with van der Waals surface area (Å²) >= 11 is 0. The van der Waals surface area contributed by atoms with Gasteiger partial charge in [-0.1, -0.05) is 6.08 Å². The van der Waals surface area contributed by atoms with E-state index in [1.165, 1.54) is 6.08 Å². The number of carboxylic acids is 1. The van der Waals surface area contributed by atoms with Crippen molar-refractivity contribution >= 4 is 5.97 Å². The molecule has 0 aromatic carbocycles. The third-order valence-electron chi connectivity index (χ3n) is 1.45. The molecule has 12 heavy (non-hydrogen) atoms. The Labute approximate surface area is 69.7 Å². The van der Waals surface area contributed by atoms with Gasteiger partial charge in [0, 0.05) is 18.5 Å². The summed E-state index contributed by atoms with van der Waals surface area (Å²) < 4.78 is 0. The van der Waals surface area contributed by atoms with Crippen LogP contribution in [-0.4, -0.2) is 16.1 Å². The van der Waals surface area contributed by atoms with E-state index in [2.05, 4.69) is 4.98 Å². The van der Waals surface area contributed by atoms with Gasteiger partial charge in [-0.25, -0.2) is 4.79 Å². The summed E-state index contributed by atoms with van der Waals surface area (Å²) in [4.78, 5) is 13.0. The van der Waals surface area contributed by atoms with E-state index in [0.29, 0.717) is 0 Å². The monoisotopic (exact) mass is 166 g/mol. The fourth-order valence-electron chi connectivity index (χ4n) is 0.841. The summed E-state index contributed by atoms with van der Waals surface area (Å²) in [5.74, 6) is -0.985. The molecular weight excluding hydrogens is 156 g/mol. The second-order valence-electron chi connectivity index (χ2n) is 2.37. The number of aromatic nitrogens is 1. The van der Waals surface area contributed by atoms with Gasteiger partial charge in [-0.2, -0.15) is 0 Å². The van der Waals surface area contributed by atoms with Gasteiger partial charge in [-0.05, 0) is 11.6 Å². The van der Waals surface area contributed by atoms with Gasteiger partial charge in [0.2, 0.25) is 0 Å². The van der Waals surface area contributed by atoms with E-state index in [0.717, 1.165) is 11.6 Å². The standard InChI is InChI=1S/C8H10N2O2/c9-7(1-2-8(11)12)6-3-4-10-5-6/h1-5,7,10H,9H2,(H,11,12)/b2-1+. The lowest BCUT2D eigenvalue weighted by atomic mass is 10.1. The van der Waals surface area contributed by atoms with Crippen molar-refractivity contribution in [3.63, 3.8) is 0 Å². The van der Waals surface area contributed by atoms with Gasteiger partial charge in [-0.3, -0.25) is 0 Å². The zero-order chi connectivity index (χ0) is 8.97. The van der Waals surface area contributed by atoms with Gasteiger partial charge in [0.05, 0.1) is 6.04 Å². The van der Waals surface area contributed by atoms with E-state index < -0.39 is 5.97 Å². The van der Waals surface area contributed by atoms with Crippen LogP contribution in [0.3, 0.4) is 0 Å². The number of H-pyrrole nitrogens is 1. The summed E-state index contributed by atoms with van der Waals surface area (Å²) in [6, 6.07) is 1.45. The first-order valence-electron chi connectivity index (χ1n) is 3.49. The quantitative estimate of drug-likeness (QED) is 0.577. The highest BCUT2D eigenvalue weighted by molar-refractivity contribution is 5.79. The minimum Gasteiger partial charge on any atom is -0.478 e. The number of aromatic amines is 1. The third kappa shape index (κ3) is 2.25. The molecule has 0 saturated carbocycles. The Morgan fingerprint density at radius 2 is 2.50 bits per heavy atom. The predicted octanol–water partition coefficient (Wildman–Crippen LogP) is 0.655. The van der Waals surface area contributed by atoms with E-state index >= 15 is 0 Å². The molecule has 0 aliphatic carbocycles. The summed E-state index contributed by atoms with van der Waals surface area (Å²) in [5.41, 5.74) is 6.49. The van der Waals surface area contributed by atoms with E-state index in [1.807, 2.05) is 0 Å². The van der Waals surface area contributed by atoms with Crippen molar-refractivity contribution in [2.45, 2.75) is 6.04 Å². The highest BCUT2D eigenvalue weighted by atomic mass is 16.4. The SMILES string of the molecule is NC(/C=C/C(=O)O)c1cc[nH]c1. The fourth-order valence-corrected chi connectivity index (χ4v) is 0.841. The molecule has 0 spiro atoms. The van der Waals surface area contributed by atoms with Gasteiger partial charge in [-0.15, -0.1) is 0 Å². The van der Waals surface area contributed by atoms with Crippen LogP contribution in [0.2, 0.25) is 0 Å². The van der Waals surface area contributed by atoms with Crippen LogP contribution < -0.4 is 5.73 Å². The number of hydrogen-bond donors (Lipinski definition) is 3. The Balaban J connectivity index is 2.61. The van der Waals surface area contributed by atoms with Gasteiger partial charge in [0.25, 0.3) is 0 Å². The van der Waals surface area contributed by atoms with Crippen molar-refractivity contribution in [2.24, 2.45) is 5.73 Å². The van der Waals surface area contributed by atoms with Crippen LogP contribution in [0.15, 0.2) is 30.6 Å². The molecule has 1 unspecified atom stereocenters. The minimum atomic E-state index is -0.985.